The molecule has 0 bridgehead atoms. The van der Waals surface area contributed by atoms with E-state index in [9.17, 15) is 9.59 Å². The number of aromatic nitrogens is 2. The van der Waals surface area contributed by atoms with Crippen molar-refractivity contribution in [3.8, 4) is 0 Å². The van der Waals surface area contributed by atoms with Gasteiger partial charge in [-0.25, -0.2) is 9.59 Å². The van der Waals surface area contributed by atoms with Crippen LogP contribution in [0, 0.1) is 6.92 Å². The van der Waals surface area contributed by atoms with E-state index in [1.54, 1.807) is 24.0 Å². The van der Waals surface area contributed by atoms with Crippen molar-refractivity contribution in [1.29, 1.82) is 0 Å². The molecule has 0 aliphatic carbocycles. The Morgan fingerprint density at radius 3 is 2.72 bits per heavy atom. The third kappa shape index (κ3) is 3.96. The lowest BCUT2D eigenvalue weighted by molar-refractivity contribution is 0.0697. The molecule has 3 rings (SSSR count). The molecule has 2 amide bonds. The van der Waals surface area contributed by atoms with Gasteiger partial charge in [-0.2, -0.15) is 4.98 Å². The Morgan fingerprint density at radius 1 is 1.32 bits per heavy atom. The number of carboxylic acid groups (broad SMARTS) is 1. The third-order valence-electron chi connectivity index (χ3n) is 4.24. The standard InChI is InChI=1S/C17H20N4O4/c1-11-19-15(25-20-11)14-4-2-3-9-21(14)17(24)18-10-12-5-7-13(8-6-12)16(22)23/h5-8,14H,2-4,9-10H2,1H3,(H,18,24)(H,22,23). The van der Waals surface area contributed by atoms with Gasteiger partial charge in [-0.1, -0.05) is 17.3 Å². The molecule has 1 aliphatic heterocycles. The van der Waals surface area contributed by atoms with Crippen molar-refractivity contribution < 1.29 is 19.2 Å². The Hall–Kier alpha value is -2.90. The van der Waals surface area contributed by atoms with Crippen LogP contribution in [0.2, 0.25) is 0 Å². The molecule has 1 fully saturated rings. The van der Waals surface area contributed by atoms with Gasteiger partial charge in [0.1, 0.15) is 6.04 Å². The second-order valence-corrected chi connectivity index (χ2v) is 6.05. The number of carbonyl (C=O) groups is 2. The summed E-state index contributed by atoms with van der Waals surface area (Å²) in [5.41, 5.74) is 1.05. The number of nitrogens with zero attached hydrogens (tertiary/aromatic N) is 3. The van der Waals surface area contributed by atoms with E-state index in [4.69, 9.17) is 9.63 Å². The van der Waals surface area contributed by atoms with Gasteiger partial charge < -0.3 is 19.8 Å². The first-order valence-corrected chi connectivity index (χ1v) is 8.21. The second kappa shape index (κ2) is 7.33. The highest BCUT2D eigenvalue weighted by molar-refractivity contribution is 5.87. The van der Waals surface area contributed by atoms with Crippen LogP contribution in [0.25, 0.3) is 0 Å². The molecule has 8 heteroatoms. The summed E-state index contributed by atoms with van der Waals surface area (Å²) in [4.78, 5) is 29.4. The smallest absolute Gasteiger partial charge is 0.335 e. The number of aryl methyl sites for hydroxylation is 1. The number of piperidine rings is 1. The minimum Gasteiger partial charge on any atom is -0.478 e. The van der Waals surface area contributed by atoms with Gasteiger partial charge in [0.05, 0.1) is 5.56 Å². The van der Waals surface area contributed by atoms with Crippen LogP contribution in [0.3, 0.4) is 0 Å². The Labute approximate surface area is 144 Å². The van der Waals surface area contributed by atoms with E-state index in [1.807, 2.05) is 0 Å². The van der Waals surface area contributed by atoms with Crippen molar-refractivity contribution in [1.82, 2.24) is 20.4 Å². The zero-order valence-electron chi connectivity index (χ0n) is 13.9. The molecule has 132 valence electrons. The first kappa shape index (κ1) is 16.9. The lowest BCUT2D eigenvalue weighted by Gasteiger charge is -2.33. The summed E-state index contributed by atoms with van der Waals surface area (Å²) < 4.78 is 5.24. The molecule has 1 atom stereocenters. The maximum atomic E-state index is 12.6. The summed E-state index contributed by atoms with van der Waals surface area (Å²) in [7, 11) is 0. The summed E-state index contributed by atoms with van der Waals surface area (Å²) in [5, 5.41) is 15.6. The molecule has 8 nitrogen and oxygen atoms in total. The number of hydrogen-bond donors (Lipinski definition) is 2. The minimum atomic E-state index is -0.971. The average Bonchev–Trinajstić information content (AvgIpc) is 3.06. The van der Waals surface area contributed by atoms with Gasteiger partial charge in [-0.15, -0.1) is 0 Å². The van der Waals surface area contributed by atoms with E-state index in [0.717, 1.165) is 24.8 Å². The fraction of sp³-hybridized carbons (Fsp3) is 0.412. The zero-order valence-corrected chi connectivity index (χ0v) is 13.9. The van der Waals surface area contributed by atoms with Crippen LogP contribution < -0.4 is 5.32 Å². The SMILES string of the molecule is Cc1noc(C2CCCCN2C(=O)NCc2ccc(C(=O)O)cc2)n1. The Bertz CT molecular complexity index is 756. The molecular formula is C17H20N4O4. The molecular weight excluding hydrogens is 324 g/mol. The summed E-state index contributed by atoms with van der Waals surface area (Å²) in [6, 6.07) is 6.04. The largest absolute Gasteiger partial charge is 0.478 e. The Morgan fingerprint density at radius 2 is 2.08 bits per heavy atom. The number of carbonyl (C=O) groups excluding carboxylic acids is 1. The van der Waals surface area contributed by atoms with Crippen molar-refractivity contribution in [3.63, 3.8) is 0 Å². The normalized spacial score (nSPS) is 17.3. The van der Waals surface area contributed by atoms with Crippen LogP contribution in [0.4, 0.5) is 4.79 Å². The first-order chi connectivity index (χ1) is 12.0. The summed E-state index contributed by atoms with van der Waals surface area (Å²) in [6.45, 7) is 2.71. The molecule has 1 aliphatic rings. The molecule has 1 unspecified atom stereocenters. The van der Waals surface area contributed by atoms with Gasteiger partial charge in [-0.05, 0) is 43.9 Å². The molecule has 1 saturated heterocycles. The number of rotatable bonds is 4. The maximum Gasteiger partial charge on any atom is 0.335 e. The number of likely N-dealkylation sites (tertiary alicyclic amines) is 1. The lowest BCUT2D eigenvalue weighted by atomic mass is 10.0. The topological polar surface area (TPSA) is 109 Å². The monoisotopic (exact) mass is 344 g/mol. The quantitative estimate of drug-likeness (QED) is 0.882. The number of hydrogen-bond acceptors (Lipinski definition) is 5. The van der Waals surface area contributed by atoms with Crippen molar-refractivity contribution in [2.24, 2.45) is 0 Å². The van der Waals surface area contributed by atoms with Crippen molar-refractivity contribution in [2.75, 3.05) is 6.54 Å². The fourth-order valence-electron chi connectivity index (χ4n) is 2.92. The van der Waals surface area contributed by atoms with E-state index in [-0.39, 0.29) is 17.6 Å². The van der Waals surface area contributed by atoms with Crippen molar-refractivity contribution >= 4 is 12.0 Å². The molecule has 25 heavy (non-hydrogen) atoms. The predicted molar refractivity (Wildman–Crippen MR) is 88.0 cm³/mol. The summed E-state index contributed by atoms with van der Waals surface area (Å²) in [5.74, 6) is 0.0548. The fourth-order valence-corrected chi connectivity index (χ4v) is 2.92. The highest BCUT2D eigenvalue weighted by atomic mass is 16.5. The highest BCUT2D eigenvalue weighted by Gasteiger charge is 2.31. The lowest BCUT2D eigenvalue weighted by Crippen LogP contribution is -2.44. The van der Waals surface area contributed by atoms with E-state index in [0.29, 0.717) is 24.8 Å². The van der Waals surface area contributed by atoms with E-state index in [1.165, 1.54) is 12.1 Å². The molecule has 0 saturated carbocycles. The number of amides is 2. The van der Waals surface area contributed by atoms with Crippen LogP contribution >= 0.6 is 0 Å². The first-order valence-electron chi connectivity index (χ1n) is 8.21. The average molecular weight is 344 g/mol. The molecule has 2 heterocycles. The molecule has 2 aromatic rings. The molecule has 2 N–H and O–H groups in total. The number of benzene rings is 1. The molecule has 1 aromatic carbocycles. The van der Waals surface area contributed by atoms with E-state index < -0.39 is 5.97 Å². The predicted octanol–water partition coefficient (Wildman–Crippen LogP) is 2.51. The second-order valence-electron chi connectivity index (χ2n) is 6.05. The summed E-state index contributed by atoms with van der Waals surface area (Å²) >= 11 is 0. The molecule has 0 spiro atoms. The molecule has 0 radical (unpaired) electrons. The van der Waals surface area contributed by atoms with Crippen LogP contribution in [-0.2, 0) is 6.54 Å². The minimum absolute atomic E-state index is 0.192. The van der Waals surface area contributed by atoms with E-state index in [2.05, 4.69) is 15.5 Å². The number of urea groups is 1. The maximum absolute atomic E-state index is 12.6. The van der Waals surface area contributed by atoms with Crippen LogP contribution in [0.15, 0.2) is 28.8 Å². The highest BCUT2D eigenvalue weighted by Crippen LogP contribution is 2.29. The van der Waals surface area contributed by atoms with Gasteiger partial charge in [-0.3, -0.25) is 0 Å². The number of carboxylic acids is 1. The van der Waals surface area contributed by atoms with Gasteiger partial charge in [0.25, 0.3) is 0 Å². The van der Waals surface area contributed by atoms with Gasteiger partial charge in [0.15, 0.2) is 5.82 Å². The molecule has 1 aromatic heterocycles. The summed E-state index contributed by atoms with van der Waals surface area (Å²) in [6.07, 6.45) is 2.74. The van der Waals surface area contributed by atoms with Crippen LogP contribution in [0.5, 0.6) is 0 Å². The van der Waals surface area contributed by atoms with Crippen molar-refractivity contribution in [3.05, 3.63) is 47.1 Å². The van der Waals surface area contributed by atoms with Crippen molar-refractivity contribution in [2.45, 2.75) is 38.8 Å². The van der Waals surface area contributed by atoms with E-state index >= 15 is 0 Å². The third-order valence-corrected chi connectivity index (χ3v) is 4.24. The Kier molecular flexibility index (Phi) is 4.97. The van der Waals surface area contributed by atoms with Crippen LogP contribution in [0.1, 0.15) is 52.9 Å². The van der Waals surface area contributed by atoms with Gasteiger partial charge in [0, 0.05) is 13.1 Å². The van der Waals surface area contributed by atoms with Gasteiger partial charge >= 0.3 is 12.0 Å². The van der Waals surface area contributed by atoms with Gasteiger partial charge in [0.2, 0.25) is 5.89 Å². The number of nitrogens with one attached hydrogen (secondary N) is 1. The Balaban J connectivity index is 1.63. The number of aromatic carboxylic acids is 1. The van der Waals surface area contributed by atoms with Crippen LogP contribution in [-0.4, -0.2) is 38.7 Å². The zero-order chi connectivity index (χ0) is 17.8.